The highest BCUT2D eigenvalue weighted by atomic mass is 19.3. The quantitative estimate of drug-likeness (QED) is 0.794. The van der Waals surface area contributed by atoms with Gasteiger partial charge in [-0.25, -0.2) is 4.79 Å². The molecule has 2 aromatic rings. The summed E-state index contributed by atoms with van der Waals surface area (Å²) in [7, 11) is 0. The minimum atomic E-state index is -3.64. The Kier molecular flexibility index (Phi) is 4.51. The fourth-order valence-electron chi connectivity index (χ4n) is 3.19. The van der Waals surface area contributed by atoms with Crippen molar-refractivity contribution in [3.63, 3.8) is 0 Å². The third kappa shape index (κ3) is 2.86. The number of ether oxygens (including phenoxy) is 1. The Morgan fingerprint density at radius 3 is 2.54 bits per heavy atom. The van der Waals surface area contributed by atoms with Gasteiger partial charge in [-0.1, -0.05) is 42.5 Å². The second kappa shape index (κ2) is 6.59. The molecule has 1 atom stereocenters. The second-order valence-electron chi connectivity index (χ2n) is 5.72. The first-order valence-electron chi connectivity index (χ1n) is 8.00. The summed E-state index contributed by atoms with van der Waals surface area (Å²) in [5.41, 5.74) is 1.99. The fourth-order valence-corrected chi connectivity index (χ4v) is 3.19. The molecular weight excluding hydrogens is 312 g/mol. The van der Waals surface area contributed by atoms with Crippen molar-refractivity contribution >= 4 is 11.7 Å². The lowest BCUT2D eigenvalue weighted by atomic mass is 9.88. The molecule has 5 heteroatoms. The highest BCUT2D eigenvalue weighted by Crippen LogP contribution is 2.43. The predicted molar refractivity (Wildman–Crippen MR) is 88.3 cm³/mol. The Balaban J connectivity index is 2.09. The van der Waals surface area contributed by atoms with E-state index in [0.29, 0.717) is 24.2 Å². The van der Waals surface area contributed by atoms with E-state index >= 15 is 0 Å². The molecule has 0 N–H and O–H groups in total. The smallest absolute Gasteiger partial charge is 0.379 e. The fraction of sp³-hybridized carbons (Fsp3) is 0.316. The van der Waals surface area contributed by atoms with E-state index in [9.17, 15) is 13.6 Å². The zero-order chi connectivity index (χ0) is 17.2. The molecule has 24 heavy (non-hydrogen) atoms. The number of halogens is 2. The van der Waals surface area contributed by atoms with Crippen LogP contribution in [-0.2, 0) is 16.0 Å². The molecular formula is C19H19F2NO2. The van der Waals surface area contributed by atoms with Gasteiger partial charge in [0.2, 0.25) is 0 Å². The van der Waals surface area contributed by atoms with Crippen LogP contribution in [0, 0.1) is 0 Å². The van der Waals surface area contributed by atoms with Gasteiger partial charge in [0.25, 0.3) is 0 Å². The van der Waals surface area contributed by atoms with Crippen LogP contribution in [0.3, 0.4) is 0 Å². The molecule has 0 aliphatic carbocycles. The third-order valence-corrected chi connectivity index (χ3v) is 4.26. The molecule has 0 spiro atoms. The largest absolute Gasteiger partial charge is 0.461 e. The van der Waals surface area contributed by atoms with Crippen molar-refractivity contribution in [3.8, 4) is 0 Å². The number of rotatable bonds is 4. The average Bonchev–Trinajstić information content (AvgIpc) is 2.61. The van der Waals surface area contributed by atoms with Crippen molar-refractivity contribution in [2.45, 2.75) is 25.3 Å². The lowest BCUT2D eigenvalue weighted by Gasteiger charge is -2.41. The van der Waals surface area contributed by atoms with Crippen molar-refractivity contribution in [1.82, 2.24) is 0 Å². The van der Waals surface area contributed by atoms with Gasteiger partial charge in [0.1, 0.15) is 6.04 Å². The van der Waals surface area contributed by atoms with E-state index in [-0.39, 0.29) is 6.61 Å². The second-order valence-corrected chi connectivity index (χ2v) is 5.72. The zero-order valence-corrected chi connectivity index (χ0v) is 13.4. The molecule has 0 radical (unpaired) electrons. The zero-order valence-electron chi connectivity index (χ0n) is 13.4. The molecule has 0 bridgehead atoms. The van der Waals surface area contributed by atoms with E-state index in [2.05, 4.69) is 4.74 Å². The van der Waals surface area contributed by atoms with E-state index in [1.54, 1.807) is 41.3 Å². The van der Waals surface area contributed by atoms with Gasteiger partial charge in [-0.05, 0) is 36.6 Å². The lowest BCUT2D eigenvalue weighted by molar-refractivity contribution is -0.175. The predicted octanol–water partition coefficient (Wildman–Crippen LogP) is 3.99. The first-order chi connectivity index (χ1) is 11.6. The number of carbonyl (C=O) groups is 1. The topological polar surface area (TPSA) is 29.5 Å². The monoisotopic (exact) mass is 331 g/mol. The molecule has 0 amide bonds. The number of carbonyl (C=O) groups excluding carboxylic acids is 1. The number of para-hydroxylation sites is 1. The Labute approximate surface area is 139 Å². The van der Waals surface area contributed by atoms with E-state index in [1.807, 2.05) is 18.2 Å². The van der Waals surface area contributed by atoms with Gasteiger partial charge in [-0.3, -0.25) is 0 Å². The lowest BCUT2D eigenvalue weighted by Crippen LogP contribution is -2.49. The van der Waals surface area contributed by atoms with E-state index < -0.39 is 17.9 Å². The molecule has 0 saturated heterocycles. The summed E-state index contributed by atoms with van der Waals surface area (Å²) in [6.45, 7) is 1.87. The Morgan fingerprint density at radius 2 is 1.83 bits per heavy atom. The van der Waals surface area contributed by atoms with Crippen LogP contribution in [0.5, 0.6) is 0 Å². The summed E-state index contributed by atoms with van der Waals surface area (Å²) in [6, 6.07) is 14.7. The molecule has 1 aliphatic rings. The SMILES string of the molecule is CCOC(=O)C(F)(F)C1c2ccccc2CCN1c1ccccc1. The summed E-state index contributed by atoms with van der Waals surface area (Å²) in [5.74, 6) is -5.12. The molecule has 1 unspecified atom stereocenters. The van der Waals surface area contributed by atoms with Crippen LogP contribution in [0.1, 0.15) is 24.1 Å². The van der Waals surface area contributed by atoms with Gasteiger partial charge in [0.15, 0.2) is 0 Å². The number of hydrogen-bond donors (Lipinski definition) is 0. The first-order valence-corrected chi connectivity index (χ1v) is 8.00. The molecule has 2 aromatic carbocycles. The van der Waals surface area contributed by atoms with Crippen molar-refractivity contribution in [3.05, 3.63) is 65.7 Å². The van der Waals surface area contributed by atoms with E-state index in [1.165, 1.54) is 6.92 Å². The maximum Gasteiger partial charge on any atom is 0.379 e. The summed E-state index contributed by atoms with van der Waals surface area (Å²) in [5, 5.41) is 0. The molecule has 1 aliphatic heterocycles. The number of benzene rings is 2. The molecule has 3 rings (SSSR count). The van der Waals surface area contributed by atoms with Crippen molar-refractivity contribution in [1.29, 1.82) is 0 Å². The van der Waals surface area contributed by atoms with Gasteiger partial charge >= 0.3 is 11.9 Å². The van der Waals surface area contributed by atoms with Crippen LogP contribution in [0.2, 0.25) is 0 Å². The van der Waals surface area contributed by atoms with Crippen molar-refractivity contribution < 1.29 is 18.3 Å². The normalized spacial score (nSPS) is 17.3. The number of hydrogen-bond acceptors (Lipinski definition) is 3. The van der Waals surface area contributed by atoms with Crippen LogP contribution in [0.15, 0.2) is 54.6 Å². The Hall–Kier alpha value is -2.43. The van der Waals surface area contributed by atoms with Gasteiger partial charge in [-0.2, -0.15) is 8.78 Å². The number of alkyl halides is 2. The van der Waals surface area contributed by atoms with Gasteiger partial charge in [0.05, 0.1) is 6.61 Å². The third-order valence-electron chi connectivity index (χ3n) is 4.26. The maximum atomic E-state index is 15.0. The summed E-state index contributed by atoms with van der Waals surface area (Å²) in [4.78, 5) is 13.5. The highest BCUT2D eigenvalue weighted by molar-refractivity contribution is 5.80. The standard InChI is InChI=1S/C19H19F2NO2/c1-2-24-18(23)19(20,21)17-16-11-7-6-8-14(16)12-13-22(17)15-9-4-3-5-10-15/h3-11,17H,2,12-13H2,1H3. The Bertz CT molecular complexity index is 718. The molecule has 126 valence electrons. The molecule has 1 heterocycles. The minimum Gasteiger partial charge on any atom is -0.461 e. The maximum absolute atomic E-state index is 15.0. The molecule has 0 saturated carbocycles. The Morgan fingerprint density at radius 1 is 1.17 bits per heavy atom. The van der Waals surface area contributed by atoms with Gasteiger partial charge < -0.3 is 9.64 Å². The average molecular weight is 331 g/mol. The van der Waals surface area contributed by atoms with Crippen molar-refractivity contribution in [2.75, 3.05) is 18.1 Å². The molecule has 0 aromatic heterocycles. The minimum absolute atomic E-state index is 0.0753. The van der Waals surface area contributed by atoms with Crippen LogP contribution >= 0.6 is 0 Å². The number of nitrogens with zero attached hydrogens (tertiary/aromatic N) is 1. The van der Waals surface area contributed by atoms with Gasteiger partial charge in [-0.15, -0.1) is 0 Å². The van der Waals surface area contributed by atoms with E-state index in [4.69, 9.17) is 0 Å². The van der Waals surface area contributed by atoms with E-state index in [0.717, 1.165) is 5.56 Å². The first kappa shape index (κ1) is 16.4. The van der Waals surface area contributed by atoms with Crippen LogP contribution < -0.4 is 4.90 Å². The number of anilines is 1. The van der Waals surface area contributed by atoms with Gasteiger partial charge in [0, 0.05) is 12.2 Å². The molecule has 3 nitrogen and oxygen atoms in total. The molecule has 0 fully saturated rings. The number of fused-ring (bicyclic) bond motifs is 1. The van der Waals surface area contributed by atoms with Crippen LogP contribution in [0.25, 0.3) is 0 Å². The van der Waals surface area contributed by atoms with Crippen LogP contribution in [-0.4, -0.2) is 25.0 Å². The number of esters is 1. The summed E-state index contributed by atoms with van der Waals surface area (Å²) in [6.07, 6.45) is 0.653. The summed E-state index contributed by atoms with van der Waals surface area (Å²) < 4.78 is 34.6. The summed E-state index contributed by atoms with van der Waals surface area (Å²) >= 11 is 0. The van der Waals surface area contributed by atoms with Crippen molar-refractivity contribution in [2.24, 2.45) is 0 Å². The highest BCUT2D eigenvalue weighted by Gasteiger charge is 2.54. The van der Waals surface area contributed by atoms with Crippen LogP contribution in [0.4, 0.5) is 14.5 Å².